The normalized spacial score (nSPS) is 11.1. The summed E-state index contributed by atoms with van der Waals surface area (Å²) >= 11 is 11.9. The maximum Gasteiger partial charge on any atom is 0.186 e. The summed E-state index contributed by atoms with van der Waals surface area (Å²) in [5, 5.41) is 9.06. The van der Waals surface area contributed by atoms with Gasteiger partial charge in [-0.1, -0.05) is 35.3 Å². The predicted molar refractivity (Wildman–Crippen MR) is 82.9 cm³/mol. The molecule has 0 atom stereocenters. The number of nitrogens with two attached hydrogens (primary N) is 1. The molecule has 108 valence electrons. The van der Waals surface area contributed by atoms with Crippen molar-refractivity contribution in [1.29, 1.82) is 5.26 Å². The zero-order chi connectivity index (χ0) is 15.6. The summed E-state index contributed by atoms with van der Waals surface area (Å²) in [6, 6.07) is 10.9. The fourth-order valence-electron chi connectivity index (χ4n) is 1.86. The summed E-state index contributed by atoms with van der Waals surface area (Å²) in [5.74, 6) is -0.342. The van der Waals surface area contributed by atoms with Crippen molar-refractivity contribution in [3.05, 3.63) is 57.6 Å². The number of halogens is 2. The lowest BCUT2D eigenvalue weighted by molar-refractivity contribution is 0.595. The standard InChI is InChI=1S/C14H10Cl2N2O2S/c15-11-2-1-3-13(18)14(11)21(19,20)8-10-5-4-9(7-17)6-12(10)16/h1-6H,8,18H2. The van der Waals surface area contributed by atoms with Crippen LogP contribution in [-0.4, -0.2) is 8.42 Å². The SMILES string of the molecule is N#Cc1ccc(CS(=O)(=O)c2c(N)cccc2Cl)c(Cl)c1. The van der Waals surface area contributed by atoms with Crippen LogP contribution < -0.4 is 5.73 Å². The highest BCUT2D eigenvalue weighted by Gasteiger charge is 2.22. The Bertz CT molecular complexity index is 822. The van der Waals surface area contributed by atoms with Crippen LogP contribution in [0.1, 0.15) is 11.1 Å². The van der Waals surface area contributed by atoms with E-state index in [9.17, 15) is 8.42 Å². The maximum atomic E-state index is 12.5. The Morgan fingerprint density at radius 3 is 2.43 bits per heavy atom. The van der Waals surface area contributed by atoms with Crippen LogP contribution in [-0.2, 0) is 15.6 Å². The van der Waals surface area contributed by atoms with Gasteiger partial charge in [-0.25, -0.2) is 8.42 Å². The minimum Gasteiger partial charge on any atom is -0.398 e. The molecule has 0 aromatic heterocycles. The smallest absolute Gasteiger partial charge is 0.186 e. The van der Waals surface area contributed by atoms with E-state index in [1.807, 2.05) is 6.07 Å². The van der Waals surface area contributed by atoms with Gasteiger partial charge < -0.3 is 5.73 Å². The Morgan fingerprint density at radius 1 is 1.14 bits per heavy atom. The van der Waals surface area contributed by atoms with E-state index in [4.69, 9.17) is 34.2 Å². The van der Waals surface area contributed by atoms with Crippen molar-refractivity contribution >= 4 is 38.7 Å². The highest BCUT2D eigenvalue weighted by atomic mass is 35.5. The average Bonchev–Trinajstić information content (AvgIpc) is 2.40. The van der Waals surface area contributed by atoms with Gasteiger partial charge in [-0.2, -0.15) is 5.26 Å². The van der Waals surface area contributed by atoms with Crippen LogP contribution in [0.15, 0.2) is 41.3 Å². The molecule has 0 fully saturated rings. The molecule has 0 aliphatic heterocycles. The molecule has 4 nitrogen and oxygen atoms in total. The Balaban J connectivity index is 2.46. The molecule has 2 N–H and O–H groups in total. The van der Waals surface area contributed by atoms with Crippen molar-refractivity contribution in [2.75, 3.05) is 5.73 Å². The molecule has 0 aliphatic carbocycles. The number of nitrogen functional groups attached to an aromatic ring is 1. The van der Waals surface area contributed by atoms with Crippen molar-refractivity contribution < 1.29 is 8.42 Å². The molecular weight excluding hydrogens is 331 g/mol. The molecule has 0 radical (unpaired) electrons. The number of sulfone groups is 1. The molecule has 2 rings (SSSR count). The second kappa shape index (κ2) is 5.94. The van der Waals surface area contributed by atoms with Gasteiger partial charge >= 0.3 is 0 Å². The molecule has 0 aliphatic rings. The monoisotopic (exact) mass is 340 g/mol. The van der Waals surface area contributed by atoms with Crippen LogP contribution in [0.5, 0.6) is 0 Å². The molecule has 0 unspecified atom stereocenters. The van der Waals surface area contributed by atoms with Crippen molar-refractivity contribution in [1.82, 2.24) is 0 Å². The van der Waals surface area contributed by atoms with E-state index in [0.717, 1.165) is 0 Å². The second-order valence-electron chi connectivity index (χ2n) is 4.34. The van der Waals surface area contributed by atoms with Gasteiger partial charge in [-0.3, -0.25) is 0 Å². The number of nitriles is 1. The Hall–Kier alpha value is -1.74. The first-order valence-corrected chi connectivity index (χ1v) is 8.21. The zero-order valence-corrected chi connectivity index (χ0v) is 13.0. The van der Waals surface area contributed by atoms with E-state index in [1.165, 1.54) is 30.3 Å². The first-order valence-electron chi connectivity index (χ1n) is 5.80. The van der Waals surface area contributed by atoms with Gasteiger partial charge in [0.2, 0.25) is 0 Å². The lowest BCUT2D eigenvalue weighted by Crippen LogP contribution is -2.09. The van der Waals surface area contributed by atoms with Gasteiger partial charge in [0.15, 0.2) is 9.84 Å². The van der Waals surface area contributed by atoms with Crippen molar-refractivity contribution in [2.24, 2.45) is 0 Å². The van der Waals surface area contributed by atoms with E-state index in [0.29, 0.717) is 11.1 Å². The average molecular weight is 341 g/mol. The number of hydrogen-bond acceptors (Lipinski definition) is 4. The molecule has 2 aromatic rings. The number of benzene rings is 2. The van der Waals surface area contributed by atoms with E-state index >= 15 is 0 Å². The van der Waals surface area contributed by atoms with E-state index in [1.54, 1.807) is 6.07 Å². The van der Waals surface area contributed by atoms with Crippen LogP contribution in [0, 0.1) is 11.3 Å². The topological polar surface area (TPSA) is 84.0 Å². The third-order valence-corrected chi connectivity index (χ3v) is 5.38. The lowest BCUT2D eigenvalue weighted by atomic mass is 10.2. The molecule has 0 heterocycles. The van der Waals surface area contributed by atoms with Gasteiger partial charge in [0.25, 0.3) is 0 Å². The van der Waals surface area contributed by atoms with Gasteiger partial charge in [-0.05, 0) is 29.8 Å². The third-order valence-electron chi connectivity index (χ3n) is 2.84. The first kappa shape index (κ1) is 15.6. The summed E-state index contributed by atoms with van der Waals surface area (Å²) in [5.41, 5.74) is 6.54. The summed E-state index contributed by atoms with van der Waals surface area (Å²) in [6.07, 6.45) is 0. The van der Waals surface area contributed by atoms with Gasteiger partial charge in [0, 0.05) is 5.02 Å². The summed E-state index contributed by atoms with van der Waals surface area (Å²) in [7, 11) is -3.74. The van der Waals surface area contributed by atoms with Crippen LogP contribution in [0.4, 0.5) is 5.69 Å². The minimum absolute atomic E-state index is 0.0692. The first-order chi connectivity index (χ1) is 9.85. The molecule has 21 heavy (non-hydrogen) atoms. The van der Waals surface area contributed by atoms with E-state index in [2.05, 4.69) is 0 Å². The second-order valence-corrected chi connectivity index (χ2v) is 7.08. The molecule has 7 heteroatoms. The highest BCUT2D eigenvalue weighted by molar-refractivity contribution is 7.91. The summed E-state index contributed by atoms with van der Waals surface area (Å²) in [4.78, 5) is -0.105. The predicted octanol–water partition coefficient (Wildman–Crippen LogP) is 3.42. The van der Waals surface area contributed by atoms with Crippen molar-refractivity contribution in [3.8, 4) is 6.07 Å². The van der Waals surface area contributed by atoms with Crippen LogP contribution in [0.3, 0.4) is 0 Å². The van der Waals surface area contributed by atoms with Crippen molar-refractivity contribution in [2.45, 2.75) is 10.6 Å². The van der Waals surface area contributed by atoms with Crippen LogP contribution in [0.2, 0.25) is 10.0 Å². The lowest BCUT2D eigenvalue weighted by Gasteiger charge is -2.10. The molecule has 0 saturated heterocycles. The van der Waals surface area contributed by atoms with E-state index < -0.39 is 9.84 Å². The molecule has 0 amide bonds. The third kappa shape index (κ3) is 3.30. The minimum atomic E-state index is -3.74. The number of anilines is 1. The Morgan fingerprint density at radius 2 is 1.86 bits per heavy atom. The number of hydrogen-bond donors (Lipinski definition) is 1. The summed E-state index contributed by atoms with van der Waals surface area (Å²) in [6.45, 7) is 0. The van der Waals surface area contributed by atoms with Gasteiger partial charge in [0.05, 0.1) is 28.1 Å². The zero-order valence-electron chi connectivity index (χ0n) is 10.7. The maximum absolute atomic E-state index is 12.5. The van der Waals surface area contributed by atoms with Crippen LogP contribution >= 0.6 is 23.2 Å². The molecule has 0 spiro atoms. The molecular formula is C14H10Cl2N2O2S. The van der Waals surface area contributed by atoms with E-state index in [-0.39, 0.29) is 26.4 Å². The number of nitrogens with zero attached hydrogens (tertiary/aromatic N) is 1. The fourth-order valence-corrected chi connectivity index (χ4v) is 4.32. The Labute approximate surface area is 132 Å². The molecule has 0 bridgehead atoms. The largest absolute Gasteiger partial charge is 0.398 e. The molecule has 0 saturated carbocycles. The number of rotatable bonds is 3. The Kier molecular flexibility index (Phi) is 4.43. The molecule has 2 aromatic carbocycles. The van der Waals surface area contributed by atoms with Gasteiger partial charge in [0.1, 0.15) is 4.90 Å². The fraction of sp³-hybridized carbons (Fsp3) is 0.0714. The van der Waals surface area contributed by atoms with Gasteiger partial charge in [-0.15, -0.1) is 0 Å². The quantitative estimate of drug-likeness (QED) is 0.867. The summed E-state index contributed by atoms with van der Waals surface area (Å²) < 4.78 is 24.9. The van der Waals surface area contributed by atoms with Crippen LogP contribution in [0.25, 0.3) is 0 Å². The van der Waals surface area contributed by atoms with Crippen molar-refractivity contribution in [3.63, 3.8) is 0 Å². The highest BCUT2D eigenvalue weighted by Crippen LogP contribution is 2.31.